The van der Waals surface area contributed by atoms with Gasteiger partial charge < -0.3 is 13.6 Å². The zero-order chi connectivity index (χ0) is 49.2. The Labute approximate surface area is 423 Å². The Morgan fingerprint density at radius 1 is 0.405 bits per heavy atom. The normalized spacial score (nSPS) is 12.3. The van der Waals surface area contributed by atoms with Gasteiger partial charge in [0.25, 0.3) is 0 Å². The van der Waals surface area contributed by atoms with Crippen molar-refractivity contribution >= 4 is 97.1 Å². The number of nitrogens with zero attached hydrogens (tertiary/aromatic N) is 5. The van der Waals surface area contributed by atoms with E-state index < -0.39 is 11.7 Å². The Morgan fingerprint density at radius 2 is 0.973 bits per heavy atom. The lowest BCUT2D eigenvalue weighted by Crippen LogP contribution is -2.13. The topological polar surface area (TPSA) is 61.7 Å². The molecule has 0 spiro atoms. The first-order chi connectivity index (χ1) is 36.4. The molecule has 0 N–H and O–H groups in total. The van der Waals surface area contributed by atoms with Crippen molar-refractivity contribution in [2.24, 2.45) is 0 Å². The molecular formula is C64H36F3N5OS. The van der Waals surface area contributed by atoms with E-state index in [0.717, 1.165) is 69.6 Å². The molecule has 5 heterocycles. The third kappa shape index (κ3) is 6.34. The van der Waals surface area contributed by atoms with Crippen LogP contribution < -0.4 is 0 Å². The summed E-state index contributed by atoms with van der Waals surface area (Å²) in [5.74, 6) is 0.681. The minimum atomic E-state index is -4.90. The highest BCUT2D eigenvalue weighted by Gasteiger charge is 2.39. The number of benzene rings is 10. The average Bonchev–Trinajstić information content (AvgIpc) is 4.25. The van der Waals surface area contributed by atoms with Crippen LogP contribution in [0.25, 0.3) is 142 Å². The Kier molecular flexibility index (Phi) is 9.19. The highest BCUT2D eigenvalue weighted by atomic mass is 32.1. The van der Waals surface area contributed by atoms with Gasteiger partial charge in [0.2, 0.25) is 0 Å². The molecule has 10 aromatic carbocycles. The van der Waals surface area contributed by atoms with Gasteiger partial charge in [0, 0.05) is 69.5 Å². The average molecular weight is 980 g/mol. The minimum absolute atomic E-state index is 0.0482. The zero-order valence-electron chi connectivity index (χ0n) is 39.0. The van der Waals surface area contributed by atoms with Gasteiger partial charge in [0.15, 0.2) is 17.5 Å². The van der Waals surface area contributed by atoms with E-state index in [1.807, 2.05) is 150 Å². The fourth-order valence-corrected chi connectivity index (χ4v) is 12.3. The lowest BCUT2D eigenvalue weighted by molar-refractivity contribution is -0.137. The predicted octanol–water partition coefficient (Wildman–Crippen LogP) is 18.0. The highest BCUT2D eigenvalue weighted by molar-refractivity contribution is 7.25. The Morgan fingerprint density at radius 3 is 1.68 bits per heavy atom. The van der Waals surface area contributed by atoms with Crippen LogP contribution in [0.3, 0.4) is 0 Å². The van der Waals surface area contributed by atoms with E-state index >= 15 is 13.2 Å². The van der Waals surface area contributed by atoms with Crippen LogP contribution in [0, 0.1) is 0 Å². The summed E-state index contributed by atoms with van der Waals surface area (Å²) in [5.41, 5.74) is 6.87. The van der Waals surface area contributed by atoms with Gasteiger partial charge in [0.1, 0.15) is 11.2 Å². The molecule has 350 valence electrons. The molecule has 0 atom stereocenters. The van der Waals surface area contributed by atoms with E-state index in [1.165, 1.54) is 6.07 Å². The zero-order valence-corrected chi connectivity index (χ0v) is 39.8. The predicted molar refractivity (Wildman–Crippen MR) is 295 cm³/mol. The summed E-state index contributed by atoms with van der Waals surface area (Å²) in [6.45, 7) is 0. The largest absolute Gasteiger partial charge is 0.455 e. The van der Waals surface area contributed by atoms with Gasteiger partial charge in [-0.1, -0.05) is 158 Å². The van der Waals surface area contributed by atoms with E-state index in [4.69, 9.17) is 19.4 Å². The number of hydrogen-bond acceptors (Lipinski definition) is 5. The van der Waals surface area contributed by atoms with E-state index in [9.17, 15) is 0 Å². The fraction of sp³-hybridized carbons (Fsp3) is 0.0156. The summed E-state index contributed by atoms with van der Waals surface area (Å²) in [6, 6.07) is 70.7. The number of fused-ring (bicyclic) bond motifs is 13. The maximum absolute atomic E-state index is 16.9. The molecule has 15 aromatic rings. The summed E-state index contributed by atoms with van der Waals surface area (Å²) in [6.07, 6.45) is -4.90. The van der Waals surface area contributed by atoms with Crippen LogP contribution in [0.15, 0.2) is 223 Å². The first-order valence-electron chi connectivity index (χ1n) is 24.3. The minimum Gasteiger partial charge on any atom is -0.455 e. The van der Waals surface area contributed by atoms with E-state index in [0.29, 0.717) is 44.8 Å². The molecule has 0 bridgehead atoms. The van der Waals surface area contributed by atoms with Crippen molar-refractivity contribution in [3.05, 3.63) is 224 Å². The Balaban J connectivity index is 1.14. The molecule has 0 saturated heterocycles. The second-order valence-electron chi connectivity index (χ2n) is 18.6. The van der Waals surface area contributed by atoms with Gasteiger partial charge in [-0.25, -0.2) is 15.0 Å². The quantitative estimate of drug-likeness (QED) is 0.167. The van der Waals surface area contributed by atoms with Crippen molar-refractivity contribution in [1.29, 1.82) is 0 Å². The molecule has 0 aliphatic rings. The number of para-hydroxylation sites is 4. The van der Waals surface area contributed by atoms with Crippen molar-refractivity contribution in [3.63, 3.8) is 0 Å². The third-order valence-electron chi connectivity index (χ3n) is 14.4. The molecule has 10 heteroatoms. The van der Waals surface area contributed by atoms with Gasteiger partial charge in [-0.15, -0.1) is 11.3 Å². The summed E-state index contributed by atoms with van der Waals surface area (Å²) in [5, 5.41) is 6.63. The molecule has 0 saturated carbocycles. The first-order valence-corrected chi connectivity index (χ1v) is 25.1. The maximum Gasteiger partial charge on any atom is 0.418 e. The highest BCUT2D eigenvalue weighted by Crippen LogP contribution is 2.52. The van der Waals surface area contributed by atoms with Crippen LogP contribution >= 0.6 is 11.3 Å². The molecule has 74 heavy (non-hydrogen) atoms. The number of rotatable bonds is 6. The Hall–Kier alpha value is -9.38. The van der Waals surface area contributed by atoms with Crippen molar-refractivity contribution in [3.8, 4) is 56.7 Å². The molecule has 6 nitrogen and oxygen atoms in total. The summed E-state index contributed by atoms with van der Waals surface area (Å²) >= 11 is 1.73. The first kappa shape index (κ1) is 42.3. The van der Waals surface area contributed by atoms with Crippen LogP contribution in [0.1, 0.15) is 5.56 Å². The molecule has 0 fully saturated rings. The smallest absolute Gasteiger partial charge is 0.418 e. The van der Waals surface area contributed by atoms with Gasteiger partial charge in [-0.05, 0) is 66.2 Å². The molecule has 0 aliphatic carbocycles. The molecule has 15 rings (SSSR count). The van der Waals surface area contributed by atoms with Gasteiger partial charge in [-0.2, -0.15) is 13.2 Å². The van der Waals surface area contributed by atoms with Crippen molar-refractivity contribution in [1.82, 2.24) is 24.1 Å². The van der Waals surface area contributed by atoms with E-state index in [-0.39, 0.29) is 28.0 Å². The summed E-state index contributed by atoms with van der Waals surface area (Å²) in [7, 11) is 0. The molecular weight excluding hydrogens is 944 g/mol. The number of halogens is 3. The number of thiophene rings is 1. The maximum atomic E-state index is 16.9. The van der Waals surface area contributed by atoms with Gasteiger partial charge in [0.05, 0.1) is 44.3 Å². The SMILES string of the molecule is FC(F)(F)c1cc(-c2nc(-c3ccccc3)nc(-c3ccccc3)n2)c2oc3ccccc3c2c1-n1c2ccccc2c2c1c(-c1ccc3sc4ccccc4c3c1)cc1c3ccccc3n(-c3ccccc3)c12. The Bertz CT molecular complexity index is 4710. The van der Waals surface area contributed by atoms with Crippen LogP contribution in [-0.2, 0) is 6.18 Å². The van der Waals surface area contributed by atoms with Crippen LogP contribution in [0.2, 0.25) is 0 Å². The van der Waals surface area contributed by atoms with E-state index in [2.05, 4.69) is 65.2 Å². The molecule has 0 radical (unpaired) electrons. The van der Waals surface area contributed by atoms with Gasteiger partial charge >= 0.3 is 6.18 Å². The van der Waals surface area contributed by atoms with Gasteiger partial charge in [-0.3, -0.25) is 0 Å². The molecule has 0 unspecified atom stereocenters. The second-order valence-corrected chi connectivity index (χ2v) is 19.6. The summed E-state index contributed by atoms with van der Waals surface area (Å²) in [4.78, 5) is 14.8. The number of alkyl halides is 3. The van der Waals surface area contributed by atoms with E-state index in [1.54, 1.807) is 17.4 Å². The fourth-order valence-electron chi connectivity index (χ4n) is 11.2. The van der Waals surface area contributed by atoms with Crippen LogP contribution in [0.5, 0.6) is 0 Å². The third-order valence-corrected chi connectivity index (χ3v) is 15.5. The lowest BCUT2D eigenvalue weighted by atomic mass is 9.96. The van der Waals surface area contributed by atoms with Crippen LogP contribution in [-0.4, -0.2) is 24.1 Å². The molecule has 0 aliphatic heterocycles. The second kappa shape index (κ2) is 16.1. The lowest BCUT2D eigenvalue weighted by Gasteiger charge is -2.20. The molecule has 5 aromatic heterocycles. The summed E-state index contributed by atoms with van der Waals surface area (Å²) < 4.78 is 64.1. The number of hydrogen-bond donors (Lipinski definition) is 0. The van der Waals surface area contributed by atoms with Crippen LogP contribution in [0.4, 0.5) is 13.2 Å². The van der Waals surface area contributed by atoms with Crippen molar-refractivity contribution < 1.29 is 17.6 Å². The monoisotopic (exact) mass is 979 g/mol. The standard InChI is InChI=1S/C64H36F3N5OS/c65-64(66,67)49-36-48(63-69-61(37-18-4-1-5-19-37)68-62(70-63)38-20-6-2-7-21-38)60-56(44-27-12-16-30-52(44)73-60)59(49)72-51-29-15-11-26-43(51)55-57(72)45(39-32-33-54-46(34-39)42-25-13-17-31-53(42)74-54)35-47-41-24-10-14-28-50(41)71(58(47)55)40-22-8-3-9-23-40/h1-36H. The number of furan rings is 1. The number of aromatic nitrogens is 5. The molecule has 0 amide bonds. The van der Waals surface area contributed by atoms with Crippen molar-refractivity contribution in [2.45, 2.75) is 6.18 Å². The van der Waals surface area contributed by atoms with Crippen molar-refractivity contribution in [2.75, 3.05) is 0 Å².